The second-order valence-corrected chi connectivity index (χ2v) is 11.0. The van der Waals surface area contributed by atoms with Crippen LogP contribution < -0.4 is 0 Å². The predicted octanol–water partition coefficient (Wildman–Crippen LogP) is 4.79. The molecule has 0 aliphatic rings. The van der Waals surface area contributed by atoms with Crippen LogP contribution in [-0.4, -0.2) is 16.8 Å². The number of rotatable bonds is 6. The maximum Gasteiger partial charge on any atom is 0.183 e. The fourth-order valence-corrected chi connectivity index (χ4v) is 6.71. The molecule has 0 aliphatic heterocycles. The molecule has 0 spiro atoms. The Bertz CT molecular complexity index is 1280. The first-order valence-corrected chi connectivity index (χ1v) is 12.7. The van der Waals surface area contributed by atoms with Gasteiger partial charge in [0.15, 0.2) is 19.7 Å². The van der Waals surface area contributed by atoms with Gasteiger partial charge in [-0.05, 0) is 23.3 Å². The number of hydrogen-bond donors (Lipinski definition) is 0. The first kappa shape index (κ1) is 20.3. The smallest absolute Gasteiger partial charge is 0.183 e. The Kier molecular flexibility index (Phi) is 5.45. The molecular formula is C24H20O4S2. The van der Waals surface area contributed by atoms with Gasteiger partial charge in [0.05, 0.1) is 21.3 Å². The molecule has 4 rings (SSSR count). The van der Waals surface area contributed by atoms with Crippen LogP contribution in [0, 0.1) is 0 Å². The molecule has 4 aromatic rings. The number of sulfone groups is 2. The lowest BCUT2D eigenvalue weighted by molar-refractivity contribution is 0.593. The molecular weight excluding hydrogens is 416 g/mol. The van der Waals surface area contributed by atoms with Crippen LogP contribution in [0.1, 0.15) is 11.1 Å². The Hall–Kier alpha value is -2.96. The van der Waals surface area contributed by atoms with Gasteiger partial charge in [-0.15, -0.1) is 0 Å². The second-order valence-electron chi connectivity index (χ2n) is 7.10. The quantitative estimate of drug-likeness (QED) is 0.436. The van der Waals surface area contributed by atoms with Crippen LogP contribution in [0.3, 0.4) is 0 Å². The van der Waals surface area contributed by atoms with Crippen molar-refractivity contribution in [3.63, 3.8) is 0 Å². The van der Waals surface area contributed by atoms with E-state index >= 15 is 0 Å². The third-order valence-corrected chi connectivity index (χ3v) is 8.39. The van der Waals surface area contributed by atoms with Gasteiger partial charge in [0.1, 0.15) is 0 Å². The van der Waals surface area contributed by atoms with Gasteiger partial charge >= 0.3 is 0 Å². The van der Waals surface area contributed by atoms with Crippen molar-refractivity contribution in [2.45, 2.75) is 21.3 Å². The summed E-state index contributed by atoms with van der Waals surface area (Å²) in [5, 5.41) is 0.838. The van der Waals surface area contributed by atoms with E-state index in [1.807, 2.05) is 12.1 Å². The lowest BCUT2D eigenvalue weighted by atomic mass is 10.1. The summed E-state index contributed by atoms with van der Waals surface area (Å²) < 4.78 is 52.5. The molecule has 0 saturated heterocycles. The Morgan fingerprint density at radius 3 is 1.17 bits per heavy atom. The Morgan fingerprint density at radius 2 is 0.800 bits per heavy atom. The molecule has 0 fully saturated rings. The van der Waals surface area contributed by atoms with Crippen LogP contribution in [0.25, 0.3) is 10.8 Å². The third-order valence-electron chi connectivity index (χ3n) is 4.91. The van der Waals surface area contributed by atoms with E-state index in [-0.39, 0.29) is 21.3 Å². The third kappa shape index (κ3) is 4.15. The molecule has 0 N–H and O–H groups in total. The van der Waals surface area contributed by atoms with Gasteiger partial charge < -0.3 is 0 Å². The molecule has 0 bridgehead atoms. The van der Waals surface area contributed by atoms with Gasteiger partial charge in [0.25, 0.3) is 0 Å². The topological polar surface area (TPSA) is 68.3 Å². The molecule has 0 saturated carbocycles. The monoisotopic (exact) mass is 436 g/mol. The first-order chi connectivity index (χ1) is 14.4. The maximum atomic E-state index is 13.1. The molecule has 4 nitrogen and oxygen atoms in total. The fourth-order valence-electron chi connectivity index (χ4n) is 3.54. The molecule has 4 aromatic carbocycles. The highest BCUT2D eigenvalue weighted by Gasteiger charge is 2.23. The van der Waals surface area contributed by atoms with Gasteiger partial charge in [-0.1, -0.05) is 84.9 Å². The lowest BCUT2D eigenvalue weighted by Crippen LogP contribution is -2.08. The highest BCUT2D eigenvalue weighted by atomic mass is 32.2. The van der Waals surface area contributed by atoms with Gasteiger partial charge in [0.2, 0.25) is 0 Å². The highest BCUT2D eigenvalue weighted by Crippen LogP contribution is 2.31. The Balaban J connectivity index is 1.80. The molecule has 0 unspecified atom stereocenters. The summed E-state index contributed by atoms with van der Waals surface area (Å²) in [5.74, 6) is -0.290. The van der Waals surface area contributed by atoms with E-state index in [0.717, 1.165) is 0 Å². The summed E-state index contributed by atoms with van der Waals surface area (Å²) in [4.78, 5) is 0.279. The van der Waals surface area contributed by atoms with Crippen molar-refractivity contribution in [1.82, 2.24) is 0 Å². The van der Waals surface area contributed by atoms with Crippen molar-refractivity contribution in [3.05, 3.63) is 108 Å². The molecule has 152 valence electrons. The molecule has 6 heteroatoms. The van der Waals surface area contributed by atoms with E-state index in [4.69, 9.17) is 0 Å². The van der Waals surface area contributed by atoms with Crippen molar-refractivity contribution < 1.29 is 16.8 Å². The second kappa shape index (κ2) is 8.05. The average molecular weight is 437 g/mol. The molecule has 0 atom stereocenters. The number of hydrogen-bond acceptors (Lipinski definition) is 4. The largest absolute Gasteiger partial charge is 0.223 e. The van der Waals surface area contributed by atoms with Gasteiger partial charge in [0, 0.05) is 10.8 Å². The molecule has 0 heterocycles. The van der Waals surface area contributed by atoms with E-state index in [9.17, 15) is 16.8 Å². The SMILES string of the molecule is O=S(=O)(Cc1ccccc1)c1cccc2c(S(=O)(=O)Cc3ccccc3)cccc12. The highest BCUT2D eigenvalue weighted by molar-refractivity contribution is 7.91. The zero-order chi connectivity index (χ0) is 21.2. The molecule has 0 radical (unpaired) electrons. The summed E-state index contributed by atoms with van der Waals surface area (Å²) >= 11 is 0. The molecule has 30 heavy (non-hydrogen) atoms. The fraction of sp³-hybridized carbons (Fsp3) is 0.0833. The minimum Gasteiger partial charge on any atom is -0.223 e. The number of benzene rings is 4. The van der Waals surface area contributed by atoms with Gasteiger partial charge in [-0.3, -0.25) is 0 Å². The van der Waals surface area contributed by atoms with E-state index in [1.54, 1.807) is 72.8 Å². The van der Waals surface area contributed by atoms with Crippen molar-refractivity contribution >= 4 is 30.4 Å². The van der Waals surface area contributed by atoms with Crippen LogP contribution in [-0.2, 0) is 31.2 Å². The Morgan fingerprint density at radius 1 is 0.433 bits per heavy atom. The van der Waals surface area contributed by atoms with Crippen LogP contribution in [0.4, 0.5) is 0 Å². The van der Waals surface area contributed by atoms with Gasteiger partial charge in [-0.2, -0.15) is 0 Å². The summed E-state index contributed by atoms with van der Waals surface area (Å²) in [6.45, 7) is 0. The van der Waals surface area contributed by atoms with E-state index in [2.05, 4.69) is 0 Å². The van der Waals surface area contributed by atoms with E-state index in [0.29, 0.717) is 21.9 Å². The summed E-state index contributed by atoms with van der Waals surface area (Å²) in [6, 6.07) is 27.5. The minimum atomic E-state index is -3.66. The zero-order valence-corrected chi connectivity index (χ0v) is 17.7. The maximum absolute atomic E-state index is 13.1. The minimum absolute atomic E-state index is 0.139. The summed E-state index contributed by atoms with van der Waals surface area (Å²) in [6.07, 6.45) is 0. The summed E-state index contributed by atoms with van der Waals surface area (Å²) in [7, 11) is -7.31. The van der Waals surface area contributed by atoms with Crippen molar-refractivity contribution in [2.75, 3.05) is 0 Å². The molecule has 0 aliphatic carbocycles. The Labute approximate surface area is 176 Å². The molecule has 0 aromatic heterocycles. The number of fused-ring (bicyclic) bond motifs is 1. The normalized spacial score (nSPS) is 12.1. The van der Waals surface area contributed by atoms with Crippen LogP contribution in [0.5, 0.6) is 0 Å². The van der Waals surface area contributed by atoms with Crippen molar-refractivity contribution in [1.29, 1.82) is 0 Å². The first-order valence-electron chi connectivity index (χ1n) is 9.42. The van der Waals surface area contributed by atoms with Gasteiger partial charge in [-0.25, -0.2) is 16.8 Å². The lowest BCUT2D eigenvalue weighted by Gasteiger charge is -2.12. The van der Waals surface area contributed by atoms with Crippen LogP contribution >= 0.6 is 0 Å². The van der Waals surface area contributed by atoms with E-state index < -0.39 is 19.7 Å². The standard InChI is InChI=1S/C24H20O4S2/c25-29(26,17-19-9-3-1-4-10-19)23-15-7-14-22-21(23)13-8-16-24(22)30(27,28)18-20-11-5-2-6-12-20/h1-16H,17-18H2. The summed E-state index contributed by atoms with van der Waals surface area (Å²) in [5.41, 5.74) is 1.37. The van der Waals surface area contributed by atoms with Crippen LogP contribution in [0.15, 0.2) is 107 Å². The predicted molar refractivity (Wildman–Crippen MR) is 119 cm³/mol. The zero-order valence-electron chi connectivity index (χ0n) is 16.1. The van der Waals surface area contributed by atoms with Crippen molar-refractivity contribution in [2.24, 2.45) is 0 Å². The van der Waals surface area contributed by atoms with E-state index in [1.165, 1.54) is 12.1 Å². The van der Waals surface area contributed by atoms with Crippen molar-refractivity contribution in [3.8, 4) is 0 Å². The molecule has 0 amide bonds. The average Bonchev–Trinajstić information content (AvgIpc) is 2.73. The van der Waals surface area contributed by atoms with Crippen LogP contribution in [0.2, 0.25) is 0 Å².